The quantitative estimate of drug-likeness (QED) is 0.431. The predicted octanol–water partition coefficient (Wildman–Crippen LogP) is 5.43. The lowest BCUT2D eigenvalue weighted by Crippen LogP contribution is -2.56. The van der Waals surface area contributed by atoms with Crippen molar-refractivity contribution in [3.8, 4) is 0 Å². The monoisotopic (exact) mass is 430 g/mol. The van der Waals surface area contributed by atoms with E-state index in [-0.39, 0.29) is 29.9 Å². The summed E-state index contributed by atoms with van der Waals surface area (Å²) in [5.74, 6) is -1.24. The zero-order valence-corrected chi connectivity index (χ0v) is 20.8. The Balaban J connectivity index is 2.23. The van der Waals surface area contributed by atoms with E-state index in [1.807, 2.05) is 13.0 Å². The highest BCUT2D eigenvalue weighted by atomic mass is 28.4. The van der Waals surface area contributed by atoms with Crippen molar-refractivity contribution in [1.29, 1.82) is 0 Å². The van der Waals surface area contributed by atoms with Crippen molar-refractivity contribution in [2.24, 2.45) is 22.7 Å². The Kier molecular flexibility index (Phi) is 6.20. The van der Waals surface area contributed by atoms with Crippen LogP contribution < -0.4 is 0 Å². The molecule has 0 radical (unpaired) electrons. The maximum absolute atomic E-state index is 13.7. The molecule has 4 atom stereocenters. The van der Waals surface area contributed by atoms with Crippen molar-refractivity contribution in [2.45, 2.75) is 92.0 Å². The number of carbonyl (C=O) groups excluding carboxylic acids is 3. The predicted molar refractivity (Wildman–Crippen MR) is 122 cm³/mol. The van der Waals surface area contributed by atoms with Crippen molar-refractivity contribution >= 4 is 25.7 Å². The number of ketones is 3. The van der Waals surface area contributed by atoms with E-state index in [2.05, 4.69) is 41.5 Å². The van der Waals surface area contributed by atoms with Crippen LogP contribution in [0.15, 0.2) is 23.3 Å². The van der Waals surface area contributed by atoms with Gasteiger partial charge in [0, 0.05) is 12.3 Å². The molecular weight excluding hydrogens is 392 g/mol. The second-order valence-electron chi connectivity index (χ2n) is 10.5. The molecule has 3 aliphatic rings. The zero-order valence-electron chi connectivity index (χ0n) is 19.8. The van der Waals surface area contributed by atoms with E-state index in [9.17, 15) is 14.4 Å². The Morgan fingerprint density at radius 3 is 2.23 bits per heavy atom. The van der Waals surface area contributed by atoms with Gasteiger partial charge in [0.1, 0.15) is 5.78 Å². The van der Waals surface area contributed by atoms with E-state index in [1.54, 1.807) is 6.08 Å². The van der Waals surface area contributed by atoms with E-state index in [1.165, 1.54) is 0 Å². The molecule has 1 saturated carbocycles. The van der Waals surface area contributed by atoms with E-state index in [4.69, 9.17) is 4.43 Å². The molecule has 0 unspecified atom stereocenters. The molecule has 5 heteroatoms. The summed E-state index contributed by atoms with van der Waals surface area (Å²) >= 11 is 0. The molecule has 1 fully saturated rings. The van der Waals surface area contributed by atoms with Crippen LogP contribution in [0, 0.1) is 22.7 Å². The summed E-state index contributed by atoms with van der Waals surface area (Å²) in [5, 5.41) is 0. The summed E-state index contributed by atoms with van der Waals surface area (Å²) in [6.07, 6.45) is 4.80. The lowest BCUT2D eigenvalue weighted by Gasteiger charge is -2.52. The van der Waals surface area contributed by atoms with Gasteiger partial charge in [-0.15, -0.1) is 0 Å². The van der Waals surface area contributed by atoms with Crippen LogP contribution in [0.1, 0.15) is 67.7 Å². The first-order valence-electron chi connectivity index (χ1n) is 11.6. The van der Waals surface area contributed by atoms with Crippen molar-refractivity contribution in [2.75, 3.05) is 0 Å². The lowest BCUT2D eigenvalue weighted by atomic mass is 9.52. The average molecular weight is 431 g/mol. The van der Waals surface area contributed by atoms with Crippen LogP contribution in [0.5, 0.6) is 0 Å². The van der Waals surface area contributed by atoms with Crippen LogP contribution in [0.2, 0.25) is 18.1 Å². The normalized spacial score (nSPS) is 34.0. The zero-order chi connectivity index (χ0) is 22.5. The fourth-order valence-corrected chi connectivity index (χ4v) is 9.15. The number of rotatable bonds is 5. The van der Waals surface area contributed by atoms with Gasteiger partial charge in [0.05, 0.1) is 12.0 Å². The third-order valence-corrected chi connectivity index (χ3v) is 13.2. The van der Waals surface area contributed by atoms with Crippen molar-refractivity contribution in [3.05, 3.63) is 23.3 Å². The van der Waals surface area contributed by atoms with Crippen LogP contribution >= 0.6 is 0 Å². The van der Waals surface area contributed by atoms with Crippen LogP contribution in [0.4, 0.5) is 0 Å². The summed E-state index contributed by atoms with van der Waals surface area (Å²) in [5.41, 5.74) is 0.840. The Morgan fingerprint density at radius 2 is 1.67 bits per heavy atom. The van der Waals surface area contributed by atoms with Gasteiger partial charge >= 0.3 is 0 Å². The SMILES string of the molecule is CC[Si](CC)(CC)O[C@H]1C[C@]2(C)CC=CC(=O)[C@H]2C(=O)[C@@H]2CC(=O)C(C)=C1C2(C)C. The largest absolute Gasteiger partial charge is 0.410 e. The molecular formula is C25H38O4Si. The van der Waals surface area contributed by atoms with Gasteiger partial charge in [0.15, 0.2) is 19.9 Å². The highest BCUT2D eigenvalue weighted by Gasteiger charge is 2.57. The first-order valence-corrected chi connectivity index (χ1v) is 14.2. The minimum Gasteiger partial charge on any atom is -0.410 e. The molecule has 166 valence electrons. The molecule has 0 saturated heterocycles. The number of allylic oxidation sites excluding steroid dienone is 3. The van der Waals surface area contributed by atoms with E-state index >= 15 is 0 Å². The topological polar surface area (TPSA) is 60.4 Å². The second kappa shape index (κ2) is 7.98. The van der Waals surface area contributed by atoms with Crippen molar-refractivity contribution in [1.82, 2.24) is 0 Å². The number of hydrogen-bond acceptors (Lipinski definition) is 4. The maximum atomic E-state index is 13.7. The number of Topliss-reactive ketones (excluding diaryl/α,β-unsaturated/α-hetero) is 2. The van der Waals surface area contributed by atoms with Gasteiger partial charge in [0.25, 0.3) is 0 Å². The smallest absolute Gasteiger partial charge is 0.192 e. The molecule has 0 spiro atoms. The average Bonchev–Trinajstić information content (AvgIpc) is 2.67. The molecule has 0 aromatic carbocycles. The molecule has 4 nitrogen and oxygen atoms in total. The Labute approximate surface area is 182 Å². The maximum Gasteiger partial charge on any atom is 0.192 e. The lowest BCUT2D eigenvalue weighted by molar-refractivity contribution is -0.146. The molecule has 0 aromatic heterocycles. The highest BCUT2D eigenvalue weighted by Crippen LogP contribution is 2.55. The first kappa shape index (κ1) is 23.3. The fraction of sp³-hybridized carbons (Fsp3) is 0.720. The molecule has 0 amide bonds. The molecule has 0 N–H and O–H groups in total. The number of fused-ring (bicyclic) bond motifs is 3. The fourth-order valence-electron chi connectivity index (χ4n) is 6.34. The molecule has 2 bridgehead atoms. The minimum atomic E-state index is -1.97. The van der Waals surface area contributed by atoms with Gasteiger partial charge in [-0.3, -0.25) is 14.4 Å². The molecule has 3 aliphatic carbocycles. The minimum absolute atomic E-state index is 0.0374. The van der Waals surface area contributed by atoms with E-state index in [0.717, 1.165) is 29.3 Å². The summed E-state index contributed by atoms with van der Waals surface area (Å²) in [6, 6.07) is 3.08. The standard InChI is InChI=1S/C25H38O4Si/c1-8-30(9-2,10-3)29-20-15-25(7)13-11-12-18(26)22(25)23(28)17-14-19(27)16(4)21(20)24(17,5)6/h11-12,17,20,22H,8-10,13-15H2,1-7H3/t17-,20-,22-,25-/m0/s1. The van der Waals surface area contributed by atoms with Crippen molar-refractivity contribution < 1.29 is 18.8 Å². The molecule has 3 rings (SSSR count). The summed E-state index contributed by atoms with van der Waals surface area (Å²) < 4.78 is 7.07. The van der Waals surface area contributed by atoms with E-state index in [0.29, 0.717) is 12.8 Å². The van der Waals surface area contributed by atoms with Crippen molar-refractivity contribution in [3.63, 3.8) is 0 Å². The number of hydrogen-bond donors (Lipinski definition) is 0. The third-order valence-electron chi connectivity index (χ3n) is 8.55. The van der Waals surface area contributed by atoms with Crippen LogP contribution in [-0.4, -0.2) is 31.8 Å². The summed E-state index contributed by atoms with van der Waals surface area (Å²) in [6.45, 7) is 14.8. The van der Waals surface area contributed by atoms with Gasteiger partial charge in [-0.25, -0.2) is 0 Å². The summed E-state index contributed by atoms with van der Waals surface area (Å²) in [4.78, 5) is 39.7. The van der Waals surface area contributed by atoms with Crippen LogP contribution in [-0.2, 0) is 18.8 Å². The Bertz CT molecular complexity index is 809. The van der Waals surface area contributed by atoms with Crippen LogP contribution in [0.3, 0.4) is 0 Å². The molecule has 0 heterocycles. The number of carbonyl (C=O) groups is 3. The molecule has 30 heavy (non-hydrogen) atoms. The molecule has 0 aliphatic heterocycles. The van der Waals surface area contributed by atoms with Gasteiger partial charge < -0.3 is 4.43 Å². The van der Waals surface area contributed by atoms with Crippen LogP contribution in [0.25, 0.3) is 0 Å². The van der Waals surface area contributed by atoms with Gasteiger partial charge in [-0.1, -0.05) is 47.6 Å². The van der Waals surface area contributed by atoms with E-state index < -0.39 is 31.0 Å². The summed E-state index contributed by atoms with van der Waals surface area (Å²) in [7, 11) is -1.97. The highest BCUT2D eigenvalue weighted by molar-refractivity contribution is 6.73. The van der Waals surface area contributed by atoms with Gasteiger partial charge in [-0.2, -0.15) is 0 Å². The molecule has 0 aromatic rings. The second-order valence-corrected chi connectivity index (χ2v) is 15.2. The Hall–Kier alpha value is -1.33. The van der Waals surface area contributed by atoms with Gasteiger partial charge in [-0.05, 0) is 65.9 Å². The van der Waals surface area contributed by atoms with Gasteiger partial charge in [0.2, 0.25) is 0 Å². The third kappa shape index (κ3) is 3.52. The Morgan fingerprint density at radius 1 is 1.07 bits per heavy atom. The first-order chi connectivity index (χ1) is 14.0.